The van der Waals surface area contributed by atoms with Crippen LogP contribution in [-0.4, -0.2) is 51.1 Å². The molecule has 1 fully saturated rings. The lowest BCUT2D eigenvalue weighted by Crippen LogP contribution is -2.36. The molecule has 3 heterocycles. The Morgan fingerprint density at radius 2 is 2.38 bits per heavy atom. The van der Waals surface area contributed by atoms with Gasteiger partial charge in [0.2, 0.25) is 0 Å². The Kier molecular flexibility index (Phi) is 3.53. The highest BCUT2D eigenvalue weighted by Crippen LogP contribution is 2.31. The lowest BCUT2D eigenvalue weighted by molar-refractivity contribution is -0.151. The van der Waals surface area contributed by atoms with E-state index in [1.807, 2.05) is 24.4 Å². The summed E-state index contributed by atoms with van der Waals surface area (Å²) < 4.78 is 6.71. The highest BCUT2D eigenvalue weighted by Gasteiger charge is 2.43. The van der Waals surface area contributed by atoms with Crippen molar-refractivity contribution in [2.24, 2.45) is 5.41 Å². The van der Waals surface area contributed by atoms with Crippen LogP contribution in [0, 0.1) is 5.41 Å². The summed E-state index contributed by atoms with van der Waals surface area (Å²) in [4.78, 5) is 19.5. The van der Waals surface area contributed by atoms with Gasteiger partial charge in [-0.25, -0.2) is 9.67 Å². The molecule has 8 nitrogen and oxygen atoms in total. The van der Waals surface area contributed by atoms with Gasteiger partial charge in [0.15, 0.2) is 0 Å². The fourth-order valence-electron chi connectivity index (χ4n) is 3.28. The maximum Gasteiger partial charge on any atom is 0.313 e. The summed E-state index contributed by atoms with van der Waals surface area (Å²) >= 11 is 0. The van der Waals surface area contributed by atoms with Crippen LogP contribution in [0.3, 0.4) is 0 Å². The van der Waals surface area contributed by atoms with Crippen LogP contribution >= 0.6 is 0 Å². The Balaban J connectivity index is 1.61. The molecular weight excluding hydrogens is 308 g/mol. The van der Waals surface area contributed by atoms with Gasteiger partial charge in [-0.15, -0.1) is 5.10 Å². The van der Waals surface area contributed by atoms with Crippen LogP contribution in [-0.2, 0) is 16.0 Å². The second-order valence-electron chi connectivity index (χ2n) is 6.13. The van der Waals surface area contributed by atoms with Crippen molar-refractivity contribution < 1.29 is 9.53 Å². The quantitative estimate of drug-likeness (QED) is 0.690. The lowest BCUT2D eigenvalue weighted by atomic mass is 9.82. The number of nitrogens with one attached hydrogen (secondary N) is 2. The Morgan fingerprint density at radius 3 is 3.17 bits per heavy atom. The van der Waals surface area contributed by atoms with Crippen LogP contribution in [0.25, 0.3) is 16.7 Å². The van der Waals surface area contributed by atoms with Crippen molar-refractivity contribution in [1.82, 2.24) is 30.3 Å². The highest BCUT2D eigenvalue weighted by molar-refractivity contribution is 5.78. The number of hydrogen-bond acceptors (Lipinski definition) is 6. The Morgan fingerprint density at radius 1 is 1.46 bits per heavy atom. The zero-order valence-electron chi connectivity index (χ0n) is 13.3. The van der Waals surface area contributed by atoms with Crippen molar-refractivity contribution >= 4 is 17.0 Å². The molecule has 1 aliphatic rings. The van der Waals surface area contributed by atoms with Crippen LogP contribution < -0.4 is 5.32 Å². The van der Waals surface area contributed by atoms with Gasteiger partial charge in [0.25, 0.3) is 0 Å². The van der Waals surface area contributed by atoms with Gasteiger partial charge in [-0.05, 0) is 31.2 Å². The molecule has 1 saturated heterocycles. The second-order valence-corrected chi connectivity index (χ2v) is 6.13. The van der Waals surface area contributed by atoms with Gasteiger partial charge in [-0.3, -0.25) is 4.79 Å². The van der Waals surface area contributed by atoms with Crippen molar-refractivity contribution in [2.75, 3.05) is 20.2 Å². The van der Waals surface area contributed by atoms with Crippen molar-refractivity contribution in [1.29, 1.82) is 0 Å². The van der Waals surface area contributed by atoms with Crippen molar-refractivity contribution in [2.45, 2.75) is 12.8 Å². The molecule has 1 atom stereocenters. The molecule has 0 aliphatic carbocycles. The summed E-state index contributed by atoms with van der Waals surface area (Å²) in [6.45, 7) is 1.41. The molecule has 124 valence electrons. The van der Waals surface area contributed by atoms with E-state index < -0.39 is 5.41 Å². The Bertz CT molecular complexity index is 877. The van der Waals surface area contributed by atoms with E-state index in [-0.39, 0.29) is 5.97 Å². The number of nitrogens with zero attached hydrogens (tertiary/aromatic N) is 4. The minimum absolute atomic E-state index is 0.194. The largest absolute Gasteiger partial charge is 0.469 e. The standard InChI is InChI=1S/C16H18N6O2/c1-24-15(23)16(4-5-17-9-16)7-11-8-22(21-20-11)12-2-3-13-14(6-12)19-10-18-13/h2-3,6,8,10,17H,4-5,7,9H2,1H3,(H,18,19). The smallest absolute Gasteiger partial charge is 0.313 e. The van der Waals surface area contributed by atoms with Gasteiger partial charge in [0.1, 0.15) is 0 Å². The minimum Gasteiger partial charge on any atom is -0.469 e. The van der Waals surface area contributed by atoms with Gasteiger partial charge >= 0.3 is 5.97 Å². The SMILES string of the molecule is COC(=O)C1(Cc2cn(-c3ccc4nc[nH]c4c3)nn2)CCNC1. The molecule has 2 aromatic heterocycles. The summed E-state index contributed by atoms with van der Waals surface area (Å²) in [5.74, 6) is -0.194. The molecule has 3 aromatic rings. The normalized spacial score (nSPS) is 20.5. The van der Waals surface area contributed by atoms with Gasteiger partial charge < -0.3 is 15.0 Å². The van der Waals surface area contributed by atoms with Crippen LogP contribution in [0.4, 0.5) is 0 Å². The van der Waals surface area contributed by atoms with Gasteiger partial charge in [-0.2, -0.15) is 0 Å². The number of imidazole rings is 1. The number of benzene rings is 1. The van der Waals surface area contributed by atoms with E-state index in [1.54, 1.807) is 11.0 Å². The number of carbonyl (C=O) groups excluding carboxylic acids is 1. The van der Waals surface area contributed by atoms with E-state index in [9.17, 15) is 4.79 Å². The molecule has 24 heavy (non-hydrogen) atoms. The number of hydrogen-bond donors (Lipinski definition) is 2. The highest BCUT2D eigenvalue weighted by atomic mass is 16.5. The summed E-state index contributed by atoms with van der Waals surface area (Å²) in [5.41, 5.74) is 2.95. The van der Waals surface area contributed by atoms with E-state index in [2.05, 4.69) is 25.6 Å². The number of ether oxygens (including phenoxy) is 1. The number of rotatable bonds is 4. The summed E-state index contributed by atoms with van der Waals surface area (Å²) in [5, 5.41) is 11.7. The second kappa shape index (κ2) is 5.72. The molecule has 0 amide bonds. The molecule has 0 bridgehead atoms. The molecule has 8 heteroatoms. The summed E-state index contributed by atoms with van der Waals surface area (Å²) in [6.07, 6.45) is 4.78. The number of aromatic nitrogens is 5. The average molecular weight is 326 g/mol. The van der Waals surface area contributed by atoms with Gasteiger partial charge in [-0.1, -0.05) is 5.21 Å². The van der Waals surface area contributed by atoms with Gasteiger partial charge in [0, 0.05) is 13.0 Å². The monoisotopic (exact) mass is 326 g/mol. The molecule has 1 aromatic carbocycles. The zero-order chi connectivity index (χ0) is 16.6. The molecule has 1 aliphatic heterocycles. The third-order valence-electron chi connectivity index (χ3n) is 4.59. The minimum atomic E-state index is -0.553. The number of esters is 1. The van der Waals surface area contributed by atoms with E-state index in [4.69, 9.17) is 4.74 Å². The molecule has 0 radical (unpaired) electrons. The maximum atomic E-state index is 12.2. The third kappa shape index (κ3) is 2.44. The zero-order valence-corrected chi connectivity index (χ0v) is 13.3. The van der Waals surface area contributed by atoms with Crippen molar-refractivity contribution in [3.63, 3.8) is 0 Å². The summed E-state index contributed by atoms with van der Waals surface area (Å²) in [7, 11) is 1.43. The number of H-pyrrole nitrogens is 1. The number of carbonyl (C=O) groups is 1. The molecule has 0 spiro atoms. The first-order valence-corrected chi connectivity index (χ1v) is 7.84. The predicted molar refractivity (Wildman–Crippen MR) is 86.7 cm³/mol. The number of methoxy groups -OCH3 is 1. The van der Waals surface area contributed by atoms with Crippen molar-refractivity contribution in [3.05, 3.63) is 36.4 Å². The first-order valence-electron chi connectivity index (χ1n) is 7.84. The van der Waals surface area contributed by atoms with Crippen LogP contribution in [0.15, 0.2) is 30.7 Å². The number of aromatic amines is 1. The van der Waals surface area contributed by atoms with E-state index >= 15 is 0 Å². The fraction of sp³-hybridized carbons (Fsp3) is 0.375. The van der Waals surface area contributed by atoms with Crippen molar-refractivity contribution in [3.8, 4) is 5.69 Å². The molecular formula is C16H18N6O2. The van der Waals surface area contributed by atoms with Crippen LogP contribution in [0.1, 0.15) is 12.1 Å². The van der Waals surface area contributed by atoms with E-state index in [0.717, 1.165) is 35.4 Å². The predicted octanol–water partition coefficient (Wildman–Crippen LogP) is 0.839. The molecule has 2 N–H and O–H groups in total. The number of fused-ring (bicyclic) bond motifs is 1. The van der Waals surface area contributed by atoms with E-state index in [0.29, 0.717) is 13.0 Å². The first kappa shape index (κ1) is 14.8. The lowest BCUT2D eigenvalue weighted by Gasteiger charge is -2.23. The van der Waals surface area contributed by atoms with Crippen LogP contribution in [0.2, 0.25) is 0 Å². The van der Waals surface area contributed by atoms with Gasteiger partial charge in [0.05, 0.1) is 47.5 Å². The third-order valence-corrected chi connectivity index (χ3v) is 4.59. The molecule has 4 rings (SSSR count). The summed E-state index contributed by atoms with van der Waals surface area (Å²) in [6, 6.07) is 5.84. The first-order chi connectivity index (χ1) is 11.7. The van der Waals surface area contributed by atoms with Crippen LogP contribution in [0.5, 0.6) is 0 Å². The molecule has 1 unspecified atom stereocenters. The fourth-order valence-corrected chi connectivity index (χ4v) is 3.28. The maximum absolute atomic E-state index is 12.2. The Hall–Kier alpha value is -2.74. The Labute approximate surface area is 138 Å². The van der Waals surface area contributed by atoms with E-state index in [1.165, 1.54) is 7.11 Å². The molecule has 0 saturated carbocycles. The average Bonchev–Trinajstić information content (AvgIpc) is 3.34. The topological polar surface area (TPSA) is 97.7 Å².